The van der Waals surface area contributed by atoms with Crippen molar-refractivity contribution < 1.29 is 19.1 Å². The van der Waals surface area contributed by atoms with Gasteiger partial charge in [-0.2, -0.15) is 0 Å². The van der Waals surface area contributed by atoms with Crippen LogP contribution in [0.25, 0.3) is 0 Å². The van der Waals surface area contributed by atoms with E-state index < -0.39 is 0 Å². The van der Waals surface area contributed by atoms with E-state index in [0.29, 0.717) is 30.0 Å². The van der Waals surface area contributed by atoms with E-state index in [-0.39, 0.29) is 24.5 Å². The number of ketones is 1. The van der Waals surface area contributed by atoms with Crippen molar-refractivity contribution in [2.45, 2.75) is 44.9 Å². The molecule has 1 aliphatic heterocycles. The third kappa shape index (κ3) is 6.82. The zero-order valence-corrected chi connectivity index (χ0v) is 19.2. The van der Waals surface area contributed by atoms with Crippen LogP contribution in [0.3, 0.4) is 0 Å². The standard InChI is InChI=1S/C26H34N2O4/c1-31-24-11-7-19(17-25(24)32-2)13-16-28-26(30)12-10-23(29)22-9-8-20-5-3-14-27-15-4-6-21(20)18-22/h7-9,11,17-18,27H,3-6,10,12-16H2,1-2H3,(H,28,30). The first-order valence-corrected chi connectivity index (χ1v) is 11.4. The van der Waals surface area contributed by atoms with Crippen molar-refractivity contribution in [1.82, 2.24) is 10.6 Å². The maximum absolute atomic E-state index is 12.7. The molecule has 1 heterocycles. The third-order valence-electron chi connectivity index (χ3n) is 5.89. The predicted octanol–water partition coefficient (Wildman–Crippen LogP) is 3.49. The highest BCUT2D eigenvalue weighted by atomic mass is 16.5. The van der Waals surface area contributed by atoms with Gasteiger partial charge >= 0.3 is 0 Å². The molecule has 172 valence electrons. The Labute approximate surface area is 190 Å². The summed E-state index contributed by atoms with van der Waals surface area (Å²) in [5.41, 5.74) is 4.39. The van der Waals surface area contributed by atoms with Crippen LogP contribution in [0, 0.1) is 0 Å². The second-order valence-electron chi connectivity index (χ2n) is 8.15. The van der Waals surface area contributed by atoms with E-state index in [1.165, 1.54) is 11.1 Å². The molecule has 0 saturated carbocycles. The first-order chi connectivity index (χ1) is 15.6. The smallest absolute Gasteiger partial charge is 0.220 e. The summed E-state index contributed by atoms with van der Waals surface area (Å²) < 4.78 is 10.6. The Balaban J connectivity index is 1.46. The van der Waals surface area contributed by atoms with Gasteiger partial charge in [-0.15, -0.1) is 0 Å². The van der Waals surface area contributed by atoms with Crippen LogP contribution in [0.15, 0.2) is 36.4 Å². The van der Waals surface area contributed by atoms with Gasteiger partial charge in [-0.25, -0.2) is 0 Å². The lowest BCUT2D eigenvalue weighted by Gasteiger charge is -2.11. The van der Waals surface area contributed by atoms with E-state index in [9.17, 15) is 9.59 Å². The van der Waals surface area contributed by atoms with Gasteiger partial charge in [0.1, 0.15) is 0 Å². The summed E-state index contributed by atoms with van der Waals surface area (Å²) in [4.78, 5) is 24.9. The average molecular weight is 439 g/mol. The number of benzene rings is 2. The van der Waals surface area contributed by atoms with Gasteiger partial charge in [0.05, 0.1) is 14.2 Å². The molecule has 6 nitrogen and oxygen atoms in total. The highest BCUT2D eigenvalue weighted by Crippen LogP contribution is 2.27. The maximum atomic E-state index is 12.7. The Morgan fingerprint density at radius 3 is 2.41 bits per heavy atom. The van der Waals surface area contributed by atoms with Gasteiger partial charge in [0.25, 0.3) is 0 Å². The second-order valence-corrected chi connectivity index (χ2v) is 8.15. The molecular weight excluding hydrogens is 404 g/mol. The van der Waals surface area contributed by atoms with Crippen LogP contribution in [0.2, 0.25) is 0 Å². The van der Waals surface area contributed by atoms with Gasteiger partial charge in [-0.1, -0.05) is 18.2 Å². The summed E-state index contributed by atoms with van der Waals surface area (Å²) in [6, 6.07) is 11.8. The summed E-state index contributed by atoms with van der Waals surface area (Å²) in [7, 11) is 3.20. The first kappa shape index (κ1) is 23.8. The number of hydrogen-bond acceptors (Lipinski definition) is 5. The largest absolute Gasteiger partial charge is 0.493 e. The molecule has 0 fully saturated rings. The molecule has 0 bridgehead atoms. The molecule has 0 aromatic heterocycles. The van der Waals surface area contributed by atoms with Crippen LogP contribution in [-0.2, 0) is 24.1 Å². The minimum absolute atomic E-state index is 0.0286. The van der Waals surface area contributed by atoms with E-state index in [0.717, 1.165) is 44.3 Å². The quantitative estimate of drug-likeness (QED) is 0.586. The molecule has 1 amide bonds. The van der Waals surface area contributed by atoms with Crippen molar-refractivity contribution in [3.8, 4) is 11.5 Å². The molecule has 32 heavy (non-hydrogen) atoms. The highest BCUT2D eigenvalue weighted by Gasteiger charge is 2.13. The van der Waals surface area contributed by atoms with Gasteiger partial charge in [-0.3, -0.25) is 9.59 Å². The zero-order valence-electron chi connectivity index (χ0n) is 19.2. The highest BCUT2D eigenvalue weighted by molar-refractivity contribution is 5.98. The fourth-order valence-electron chi connectivity index (χ4n) is 4.05. The lowest BCUT2D eigenvalue weighted by molar-refractivity contribution is -0.121. The van der Waals surface area contributed by atoms with Gasteiger partial charge in [0.15, 0.2) is 17.3 Å². The van der Waals surface area contributed by atoms with Crippen LogP contribution in [0.4, 0.5) is 0 Å². The first-order valence-electron chi connectivity index (χ1n) is 11.4. The fourth-order valence-corrected chi connectivity index (χ4v) is 4.05. The Morgan fingerprint density at radius 1 is 0.906 bits per heavy atom. The normalized spacial score (nSPS) is 13.8. The summed E-state index contributed by atoms with van der Waals surface area (Å²) in [6.45, 7) is 2.57. The number of carbonyl (C=O) groups excluding carboxylic acids is 2. The van der Waals surface area contributed by atoms with Gasteiger partial charge in [-0.05, 0) is 80.1 Å². The molecule has 3 rings (SSSR count). The molecule has 6 heteroatoms. The monoisotopic (exact) mass is 438 g/mol. The number of nitrogens with one attached hydrogen (secondary N) is 2. The molecule has 2 N–H and O–H groups in total. The zero-order chi connectivity index (χ0) is 22.8. The van der Waals surface area contributed by atoms with Gasteiger partial charge in [0.2, 0.25) is 5.91 Å². The van der Waals surface area contributed by atoms with E-state index in [2.05, 4.69) is 16.7 Å². The Hall–Kier alpha value is -2.86. The summed E-state index contributed by atoms with van der Waals surface area (Å²) >= 11 is 0. The van der Waals surface area contributed by atoms with E-state index >= 15 is 0 Å². The molecule has 2 aromatic rings. The number of fused-ring (bicyclic) bond motifs is 1. The van der Waals surface area contributed by atoms with E-state index in [4.69, 9.17) is 9.47 Å². The minimum atomic E-state index is -0.104. The Bertz CT molecular complexity index is 926. The fraction of sp³-hybridized carbons (Fsp3) is 0.462. The average Bonchev–Trinajstić information content (AvgIpc) is 2.93. The minimum Gasteiger partial charge on any atom is -0.493 e. The number of carbonyl (C=O) groups is 2. The van der Waals surface area contributed by atoms with Gasteiger partial charge in [0, 0.05) is 24.9 Å². The summed E-state index contributed by atoms with van der Waals surface area (Å²) in [6.07, 6.45) is 5.32. The predicted molar refractivity (Wildman–Crippen MR) is 126 cm³/mol. The van der Waals surface area contributed by atoms with Crippen LogP contribution in [0.1, 0.15) is 52.7 Å². The third-order valence-corrected chi connectivity index (χ3v) is 5.89. The Kier molecular flexibility index (Phi) is 9.11. The van der Waals surface area contributed by atoms with E-state index in [1.807, 2.05) is 30.3 Å². The van der Waals surface area contributed by atoms with Crippen LogP contribution >= 0.6 is 0 Å². The SMILES string of the molecule is COc1ccc(CCNC(=O)CCC(=O)c2ccc3c(c2)CCCNCCC3)cc1OC. The van der Waals surface area contributed by atoms with Crippen LogP contribution < -0.4 is 20.1 Å². The molecular formula is C26H34N2O4. The van der Waals surface area contributed by atoms with Crippen LogP contribution in [0.5, 0.6) is 11.5 Å². The summed E-state index contributed by atoms with van der Waals surface area (Å²) in [5.74, 6) is 1.28. The topological polar surface area (TPSA) is 76.7 Å². The molecule has 0 aliphatic carbocycles. The molecule has 0 spiro atoms. The number of methoxy groups -OCH3 is 2. The van der Waals surface area contributed by atoms with Crippen molar-refractivity contribution >= 4 is 11.7 Å². The van der Waals surface area contributed by atoms with E-state index in [1.54, 1.807) is 14.2 Å². The number of ether oxygens (including phenoxy) is 2. The van der Waals surface area contributed by atoms with Crippen molar-refractivity contribution in [2.75, 3.05) is 33.9 Å². The number of amides is 1. The number of hydrogen-bond donors (Lipinski definition) is 2. The van der Waals surface area contributed by atoms with Crippen molar-refractivity contribution in [1.29, 1.82) is 0 Å². The van der Waals surface area contributed by atoms with Gasteiger partial charge < -0.3 is 20.1 Å². The maximum Gasteiger partial charge on any atom is 0.220 e. The molecule has 0 saturated heterocycles. The number of rotatable bonds is 9. The lowest BCUT2D eigenvalue weighted by atomic mass is 9.95. The lowest BCUT2D eigenvalue weighted by Crippen LogP contribution is -2.26. The molecule has 0 atom stereocenters. The second kappa shape index (κ2) is 12.2. The molecule has 1 aliphatic rings. The van der Waals surface area contributed by atoms with Crippen LogP contribution in [-0.4, -0.2) is 45.5 Å². The molecule has 0 radical (unpaired) electrons. The number of Topliss-reactive ketones (excluding diaryl/α,β-unsaturated/α-hetero) is 1. The van der Waals surface area contributed by atoms with Crippen molar-refractivity contribution in [3.05, 3.63) is 58.7 Å². The Morgan fingerprint density at radius 2 is 1.66 bits per heavy atom. The summed E-state index contributed by atoms with van der Waals surface area (Å²) in [5, 5.41) is 6.35. The van der Waals surface area contributed by atoms with Crippen molar-refractivity contribution in [2.24, 2.45) is 0 Å². The van der Waals surface area contributed by atoms with Crippen molar-refractivity contribution in [3.63, 3.8) is 0 Å². The number of aryl methyl sites for hydroxylation is 2. The molecule has 0 unspecified atom stereocenters. The molecule has 2 aromatic carbocycles.